The van der Waals surface area contributed by atoms with E-state index in [1.54, 1.807) is 17.0 Å². The van der Waals surface area contributed by atoms with E-state index in [9.17, 15) is 4.39 Å². The van der Waals surface area contributed by atoms with Crippen LogP contribution >= 0.6 is 12.2 Å². The van der Waals surface area contributed by atoms with Crippen LogP contribution in [0.2, 0.25) is 0 Å². The lowest BCUT2D eigenvalue weighted by Crippen LogP contribution is -3.14. The van der Waals surface area contributed by atoms with Crippen LogP contribution in [0, 0.1) is 5.82 Å². The minimum absolute atomic E-state index is 0.210. The van der Waals surface area contributed by atoms with Crippen LogP contribution in [0.5, 0.6) is 0 Å². The standard InChI is InChI=1S/C15H22FN3S/c1-2-19-9-3-4-14(19)11-18-15(20)17-10-12-5-7-13(16)8-6-12/h5-8,14H,2-4,9-11H2,1H3,(H2,17,18,20)/p+1/t14-/m0/s1. The third kappa shape index (κ3) is 4.42. The van der Waals surface area contributed by atoms with Crippen LogP contribution in [0.1, 0.15) is 25.3 Å². The summed E-state index contributed by atoms with van der Waals surface area (Å²) in [6.45, 7) is 6.25. The second-order valence-electron chi connectivity index (χ2n) is 5.29. The highest BCUT2D eigenvalue weighted by atomic mass is 32.1. The zero-order valence-electron chi connectivity index (χ0n) is 11.9. The van der Waals surface area contributed by atoms with Crippen LogP contribution in [-0.2, 0) is 6.54 Å². The van der Waals surface area contributed by atoms with Crippen LogP contribution in [0.25, 0.3) is 0 Å². The third-order valence-electron chi connectivity index (χ3n) is 3.96. The number of nitrogens with one attached hydrogen (secondary N) is 3. The van der Waals surface area contributed by atoms with Gasteiger partial charge in [0.25, 0.3) is 0 Å². The molecule has 0 amide bonds. The van der Waals surface area contributed by atoms with Gasteiger partial charge >= 0.3 is 0 Å². The molecule has 20 heavy (non-hydrogen) atoms. The molecule has 1 heterocycles. The molecule has 1 aliphatic heterocycles. The largest absolute Gasteiger partial charge is 0.359 e. The molecule has 2 rings (SSSR count). The Kier molecular flexibility index (Phi) is 5.73. The van der Waals surface area contributed by atoms with Crippen molar-refractivity contribution in [1.29, 1.82) is 0 Å². The summed E-state index contributed by atoms with van der Waals surface area (Å²) in [6, 6.07) is 7.14. The molecule has 0 radical (unpaired) electrons. The zero-order valence-corrected chi connectivity index (χ0v) is 12.7. The Hall–Kier alpha value is -1.20. The maximum atomic E-state index is 12.8. The summed E-state index contributed by atoms with van der Waals surface area (Å²) in [7, 11) is 0. The van der Waals surface area contributed by atoms with Crippen molar-refractivity contribution in [2.75, 3.05) is 19.6 Å². The summed E-state index contributed by atoms with van der Waals surface area (Å²) >= 11 is 5.28. The molecule has 1 aromatic rings. The maximum absolute atomic E-state index is 12.8. The molecular formula is C15H23FN3S+. The highest BCUT2D eigenvalue weighted by molar-refractivity contribution is 7.80. The number of rotatable bonds is 5. The van der Waals surface area contributed by atoms with Crippen molar-refractivity contribution in [3.63, 3.8) is 0 Å². The SMILES string of the molecule is CC[NH+]1CCC[C@H]1CNC(=S)NCc1ccc(F)cc1. The van der Waals surface area contributed by atoms with E-state index in [4.69, 9.17) is 12.2 Å². The maximum Gasteiger partial charge on any atom is 0.166 e. The Morgan fingerprint density at radius 2 is 2.10 bits per heavy atom. The van der Waals surface area contributed by atoms with E-state index in [0.717, 1.165) is 12.1 Å². The first-order valence-corrected chi connectivity index (χ1v) is 7.70. The molecule has 2 atom stereocenters. The molecule has 1 unspecified atom stereocenters. The topological polar surface area (TPSA) is 28.5 Å². The molecule has 1 aromatic carbocycles. The Morgan fingerprint density at radius 1 is 1.35 bits per heavy atom. The van der Waals surface area contributed by atoms with Gasteiger partial charge in [0.1, 0.15) is 11.9 Å². The first-order valence-electron chi connectivity index (χ1n) is 7.29. The van der Waals surface area contributed by atoms with Gasteiger partial charge < -0.3 is 15.5 Å². The van der Waals surface area contributed by atoms with Crippen LogP contribution in [0.15, 0.2) is 24.3 Å². The number of hydrogen-bond acceptors (Lipinski definition) is 1. The molecule has 1 fully saturated rings. The number of benzene rings is 1. The lowest BCUT2D eigenvalue weighted by atomic mass is 10.2. The van der Waals surface area contributed by atoms with Crippen LogP contribution in [-0.4, -0.2) is 30.8 Å². The molecule has 1 aliphatic rings. The van der Waals surface area contributed by atoms with Crippen molar-refractivity contribution in [2.24, 2.45) is 0 Å². The fourth-order valence-corrected chi connectivity index (χ4v) is 2.91. The molecule has 0 aliphatic carbocycles. The van der Waals surface area contributed by atoms with Crippen molar-refractivity contribution in [3.8, 4) is 0 Å². The predicted molar refractivity (Wildman–Crippen MR) is 83.2 cm³/mol. The molecule has 0 saturated carbocycles. The molecule has 110 valence electrons. The van der Waals surface area contributed by atoms with Crippen LogP contribution in [0.4, 0.5) is 4.39 Å². The van der Waals surface area contributed by atoms with E-state index in [2.05, 4.69) is 17.6 Å². The molecule has 0 spiro atoms. The van der Waals surface area contributed by atoms with Gasteiger partial charge in [-0.05, 0) is 36.8 Å². The van der Waals surface area contributed by atoms with Crippen molar-refractivity contribution in [2.45, 2.75) is 32.4 Å². The summed E-state index contributed by atoms with van der Waals surface area (Å²) in [5, 5.41) is 7.14. The van der Waals surface area contributed by atoms with Crippen molar-refractivity contribution < 1.29 is 9.29 Å². The monoisotopic (exact) mass is 296 g/mol. The fourth-order valence-electron chi connectivity index (χ4n) is 2.76. The number of quaternary nitrogens is 1. The normalized spacial score (nSPS) is 21.7. The molecule has 0 aromatic heterocycles. The lowest BCUT2D eigenvalue weighted by molar-refractivity contribution is -0.909. The van der Waals surface area contributed by atoms with Gasteiger partial charge in [0.05, 0.1) is 19.6 Å². The van der Waals surface area contributed by atoms with Gasteiger partial charge in [0.15, 0.2) is 5.11 Å². The van der Waals surface area contributed by atoms with Gasteiger partial charge in [0.2, 0.25) is 0 Å². The van der Waals surface area contributed by atoms with Gasteiger partial charge in [-0.1, -0.05) is 12.1 Å². The van der Waals surface area contributed by atoms with Gasteiger partial charge in [-0.25, -0.2) is 4.39 Å². The molecule has 1 saturated heterocycles. The van der Waals surface area contributed by atoms with Crippen molar-refractivity contribution in [1.82, 2.24) is 10.6 Å². The summed E-state index contributed by atoms with van der Waals surface area (Å²) in [4.78, 5) is 1.67. The second-order valence-corrected chi connectivity index (χ2v) is 5.70. The summed E-state index contributed by atoms with van der Waals surface area (Å²) in [5.41, 5.74) is 1.03. The number of hydrogen-bond donors (Lipinski definition) is 3. The molecule has 3 N–H and O–H groups in total. The Morgan fingerprint density at radius 3 is 2.80 bits per heavy atom. The van der Waals surface area contributed by atoms with Crippen molar-refractivity contribution in [3.05, 3.63) is 35.6 Å². The predicted octanol–water partition coefficient (Wildman–Crippen LogP) is 0.857. The number of halogens is 1. The summed E-state index contributed by atoms with van der Waals surface area (Å²) in [6.07, 6.45) is 2.59. The van der Waals surface area contributed by atoms with E-state index < -0.39 is 0 Å². The summed E-state index contributed by atoms with van der Waals surface area (Å²) in [5.74, 6) is -0.210. The van der Waals surface area contributed by atoms with Gasteiger partial charge in [0, 0.05) is 19.4 Å². The minimum Gasteiger partial charge on any atom is -0.359 e. The first-order chi connectivity index (χ1) is 9.69. The highest BCUT2D eigenvalue weighted by Gasteiger charge is 2.26. The molecule has 5 heteroatoms. The fraction of sp³-hybridized carbons (Fsp3) is 0.533. The number of likely N-dealkylation sites (N-methyl/N-ethyl adjacent to an activating group) is 1. The quantitative estimate of drug-likeness (QED) is 0.704. The van der Waals surface area contributed by atoms with E-state index in [0.29, 0.717) is 17.7 Å². The summed E-state index contributed by atoms with van der Waals surface area (Å²) < 4.78 is 12.8. The Bertz CT molecular complexity index is 435. The van der Waals surface area contributed by atoms with Gasteiger partial charge in [-0.2, -0.15) is 0 Å². The molecule has 0 bridgehead atoms. The highest BCUT2D eigenvalue weighted by Crippen LogP contribution is 2.02. The second kappa shape index (κ2) is 7.55. The van der Waals surface area contributed by atoms with Gasteiger partial charge in [-0.3, -0.25) is 0 Å². The van der Waals surface area contributed by atoms with Crippen LogP contribution in [0.3, 0.4) is 0 Å². The molecular weight excluding hydrogens is 273 g/mol. The molecule has 3 nitrogen and oxygen atoms in total. The lowest BCUT2D eigenvalue weighted by Gasteiger charge is -2.21. The Labute approximate surface area is 125 Å². The van der Waals surface area contributed by atoms with Crippen molar-refractivity contribution >= 4 is 17.3 Å². The average molecular weight is 296 g/mol. The number of likely N-dealkylation sites (tertiary alicyclic amines) is 1. The Balaban J connectivity index is 1.69. The zero-order chi connectivity index (χ0) is 14.4. The van der Waals surface area contributed by atoms with E-state index in [-0.39, 0.29) is 5.82 Å². The first kappa shape index (κ1) is 15.2. The smallest absolute Gasteiger partial charge is 0.166 e. The van der Waals surface area contributed by atoms with E-state index >= 15 is 0 Å². The number of thiocarbonyl (C=S) groups is 1. The van der Waals surface area contributed by atoms with Gasteiger partial charge in [-0.15, -0.1) is 0 Å². The average Bonchev–Trinajstić information content (AvgIpc) is 2.92. The third-order valence-corrected chi connectivity index (χ3v) is 4.25. The van der Waals surface area contributed by atoms with Crippen LogP contribution < -0.4 is 15.5 Å². The van der Waals surface area contributed by atoms with E-state index in [1.807, 2.05) is 0 Å². The minimum atomic E-state index is -0.210. The van der Waals surface area contributed by atoms with E-state index in [1.165, 1.54) is 38.1 Å².